The van der Waals surface area contributed by atoms with Gasteiger partial charge in [0.25, 0.3) is 0 Å². The number of primary amides is 1. The molecule has 9 heteroatoms. The lowest BCUT2D eigenvalue weighted by Crippen LogP contribution is -2.36. The van der Waals surface area contributed by atoms with Crippen molar-refractivity contribution in [3.05, 3.63) is 33.9 Å². The standard InChI is InChI=1S/C19H24F6N2O/c1-10(2)9-27-6-4-12(5-7-27)13-8-14(17(26)28)16(19(23,24)25)11(3)15(13)18(20,21)22/h8,10,12H,4-7,9H2,1-3H3,(H2,26,28). The van der Waals surface area contributed by atoms with E-state index in [1.165, 1.54) is 0 Å². The highest BCUT2D eigenvalue weighted by Gasteiger charge is 2.45. The molecule has 0 radical (unpaired) electrons. The summed E-state index contributed by atoms with van der Waals surface area (Å²) in [5, 5.41) is 0. The van der Waals surface area contributed by atoms with E-state index in [1.54, 1.807) is 0 Å². The third-order valence-corrected chi connectivity index (χ3v) is 5.09. The van der Waals surface area contributed by atoms with Crippen molar-refractivity contribution in [1.29, 1.82) is 0 Å². The minimum atomic E-state index is -5.12. The van der Waals surface area contributed by atoms with E-state index in [0.717, 1.165) is 13.5 Å². The third-order valence-electron chi connectivity index (χ3n) is 5.09. The van der Waals surface area contributed by atoms with Gasteiger partial charge in [-0.3, -0.25) is 4.79 Å². The minimum Gasteiger partial charge on any atom is -0.366 e. The summed E-state index contributed by atoms with van der Waals surface area (Å²) in [5.41, 5.74) is 0.0213. The molecule has 0 spiro atoms. The number of hydrogen-bond acceptors (Lipinski definition) is 2. The molecule has 1 heterocycles. The van der Waals surface area contributed by atoms with Gasteiger partial charge in [-0.25, -0.2) is 0 Å². The van der Waals surface area contributed by atoms with Gasteiger partial charge < -0.3 is 10.6 Å². The van der Waals surface area contributed by atoms with Crippen LogP contribution in [-0.4, -0.2) is 30.4 Å². The van der Waals surface area contributed by atoms with Gasteiger partial charge >= 0.3 is 12.4 Å². The SMILES string of the molecule is Cc1c(C(F)(F)F)c(C(N)=O)cc(C2CCN(CC(C)C)CC2)c1C(F)(F)F. The van der Waals surface area contributed by atoms with Gasteiger partial charge in [0.2, 0.25) is 5.91 Å². The summed E-state index contributed by atoms with van der Waals surface area (Å²) in [6.07, 6.45) is -9.34. The Balaban J connectivity index is 2.57. The van der Waals surface area contributed by atoms with Gasteiger partial charge in [-0.05, 0) is 61.9 Å². The predicted molar refractivity (Wildman–Crippen MR) is 93.0 cm³/mol. The second-order valence-electron chi connectivity index (χ2n) is 7.72. The fourth-order valence-corrected chi connectivity index (χ4v) is 4.04. The molecule has 3 nitrogen and oxygen atoms in total. The zero-order valence-corrected chi connectivity index (χ0v) is 16.0. The van der Waals surface area contributed by atoms with Crippen molar-refractivity contribution >= 4 is 5.91 Å². The van der Waals surface area contributed by atoms with Crippen LogP contribution in [0.3, 0.4) is 0 Å². The first kappa shape index (κ1) is 22.5. The number of nitrogens with two attached hydrogens (primary N) is 1. The number of alkyl halides is 6. The highest BCUT2D eigenvalue weighted by Crippen LogP contribution is 2.46. The first-order valence-corrected chi connectivity index (χ1v) is 9.07. The van der Waals surface area contributed by atoms with E-state index in [2.05, 4.69) is 4.90 Å². The van der Waals surface area contributed by atoms with Crippen molar-refractivity contribution in [1.82, 2.24) is 4.90 Å². The number of halogens is 6. The Morgan fingerprint density at radius 1 is 1.11 bits per heavy atom. The minimum absolute atomic E-state index is 0.268. The lowest BCUT2D eigenvalue weighted by molar-refractivity contribution is -0.144. The number of carbonyl (C=O) groups excluding carboxylic acids is 1. The molecule has 1 aliphatic rings. The summed E-state index contributed by atoms with van der Waals surface area (Å²) in [7, 11) is 0. The molecule has 0 aromatic heterocycles. The Morgan fingerprint density at radius 2 is 1.61 bits per heavy atom. The average molecular weight is 410 g/mol. The molecule has 28 heavy (non-hydrogen) atoms. The summed E-state index contributed by atoms with van der Waals surface area (Å²) in [6.45, 7) is 6.73. The van der Waals surface area contributed by atoms with E-state index in [4.69, 9.17) is 5.73 Å². The van der Waals surface area contributed by atoms with Crippen LogP contribution in [0.1, 0.15) is 65.2 Å². The summed E-state index contributed by atoms with van der Waals surface area (Å²) >= 11 is 0. The molecule has 1 aromatic carbocycles. The van der Waals surface area contributed by atoms with Crippen LogP contribution in [0.15, 0.2) is 6.07 Å². The molecule has 0 unspecified atom stereocenters. The van der Waals surface area contributed by atoms with E-state index in [-0.39, 0.29) is 5.56 Å². The molecule has 1 fully saturated rings. The molecule has 0 saturated carbocycles. The maximum absolute atomic E-state index is 13.7. The van der Waals surface area contributed by atoms with Crippen molar-refractivity contribution in [2.24, 2.45) is 11.7 Å². The van der Waals surface area contributed by atoms with Gasteiger partial charge in [-0.15, -0.1) is 0 Å². The molecule has 1 aliphatic heterocycles. The third kappa shape index (κ3) is 4.79. The monoisotopic (exact) mass is 410 g/mol. The summed E-state index contributed by atoms with van der Waals surface area (Å²) in [5.74, 6) is -1.57. The number of nitrogens with zero attached hydrogens (tertiary/aromatic N) is 1. The normalized spacial score (nSPS) is 17.4. The van der Waals surface area contributed by atoms with Gasteiger partial charge in [-0.2, -0.15) is 26.3 Å². The Labute approximate surface area is 159 Å². The first-order chi connectivity index (χ1) is 12.7. The molecule has 0 atom stereocenters. The molecule has 1 aromatic rings. The predicted octanol–water partition coefficient (Wildman–Crippen LogP) is 4.97. The van der Waals surface area contributed by atoms with Crippen molar-refractivity contribution < 1.29 is 31.1 Å². The number of carbonyl (C=O) groups is 1. The lowest BCUT2D eigenvalue weighted by atomic mass is 9.81. The number of hydrogen-bond donors (Lipinski definition) is 1. The number of likely N-dealkylation sites (tertiary alicyclic amines) is 1. The van der Waals surface area contributed by atoms with E-state index in [9.17, 15) is 31.1 Å². The van der Waals surface area contributed by atoms with E-state index in [0.29, 0.717) is 37.9 Å². The maximum atomic E-state index is 13.7. The molecular weight excluding hydrogens is 386 g/mol. The van der Waals surface area contributed by atoms with Gasteiger partial charge in [0.15, 0.2) is 0 Å². The summed E-state index contributed by atoms with van der Waals surface area (Å²) in [4.78, 5) is 13.7. The van der Waals surface area contributed by atoms with Crippen molar-refractivity contribution in [2.45, 2.75) is 51.9 Å². The Bertz CT molecular complexity index is 731. The number of rotatable bonds is 4. The Kier molecular flexibility index (Phi) is 6.37. The van der Waals surface area contributed by atoms with Gasteiger partial charge in [0, 0.05) is 6.54 Å². The molecule has 1 saturated heterocycles. The highest BCUT2D eigenvalue weighted by atomic mass is 19.4. The quantitative estimate of drug-likeness (QED) is 0.713. The van der Waals surface area contributed by atoms with Gasteiger partial charge in [0.1, 0.15) is 0 Å². The number of amides is 1. The average Bonchev–Trinajstić information content (AvgIpc) is 2.51. The molecule has 2 N–H and O–H groups in total. The van der Waals surface area contributed by atoms with Gasteiger partial charge in [-0.1, -0.05) is 13.8 Å². The van der Waals surface area contributed by atoms with Crippen LogP contribution in [0, 0.1) is 12.8 Å². The van der Waals surface area contributed by atoms with Crippen LogP contribution in [0.4, 0.5) is 26.3 Å². The van der Waals surface area contributed by atoms with Crippen LogP contribution in [0.2, 0.25) is 0 Å². The van der Waals surface area contributed by atoms with Crippen LogP contribution >= 0.6 is 0 Å². The van der Waals surface area contributed by atoms with E-state index in [1.807, 2.05) is 13.8 Å². The summed E-state index contributed by atoms with van der Waals surface area (Å²) in [6, 6.07) is 0.712. The van der Waals surface area contributed by atoms with Crippen molar-refractivity contribution in [3.63, 3.8) is 0 Å². The second-order valence-corrected chi connectivity index (χ2v) is 7.72. The summed E-state index contributed by atoms with van der Waals surface area (Å²) < 4.78 is 81.4. The van der Waals surface area contributed by atoms with Crippen molar-refractivity contribution in [2.75, 3.05) is 19.6 Å². The van der Waals surface area contributed by atoms with Crippen LogP contribution in [-0.2, 0) is 12.4 Å². The Morgan fingerprint density at radius 3 is 2.00 bits per heavy atom. The second kappa shape index (κ2) is 7.93. The zero-order valence-electron chi connectivity index (χ0n) is 16.0. The van der Waals surface area contributed by atoms with Crippen LogP contribution in [0.25, 0.3) is 0 Å². The number of piperidine rings is 1. The zero-order chi connectivity index (χ0) is 21.4. The first-order valence-electron chi connectivity index (χ1n) is 9.07. The fourth-order valence-electron chi connectivity index (χ4n) is 4.04. The lowest BCUT2D eigenvalue weighted by Gasteiger charge is -2.35. The molecular formula is C19H24F6N2O. The highest BCUT2D eigenvalue weighted by molar-refractivity contribution is 5.95. The van der Waals surface area contributed by atoms with E-state index >= 15 is 0 Å². The van der Waals surface area contributed by atoms with Crippen LogP contribution < -0.4 is 5.73 Å². The van der Waals surface area contributed by atoms with Crippen LogP contribution in [0.5, 0.6) is 0 Å². The largest absolute Gasteiger partial charge is 0.417 e. The van der Waals surface area contributed by atoms with E-state index < -0.39 is 46.4 Å². The Hall–Kier alpha value is -1.77. The van der Waals surface area contributed by atoms with Gasteiger partial charge in [0.05, 0.1) is 16.7 Å². The fraction of sp³-hybridized carbons (Fsp3) is 0.632. The molecule has 158 valence electrons. The number of benzene rings is 1. The topological polar surface area (TPSA) is 46.3 Å². The molecule has 1 amide bonds. The van der Waals surface area contributed by atoms with Crippen molar-refractivity contribution in [3.8, 4) is 0 Å². The molecule has 2 rings (SSSR count). The molecule has 0 bridgehead atoms. The maximum Gasteiger partial charge on any atom is 0.417 e. The molecule has 0 aliphatic carbocycles. The smallest absolute Gasteiger partial charge is 0.366 e.